The van der Waals surface area contributed by atoms with Gasteiger partial charge in [0.1, 0.15) is 5.82 Å². The number of nitrogens with zero attached hydrogens (tertiary/aromatic N) is 1. The fourth-order valence-corrected chi connectivity index (χ4v) is 3.12. The van der Waals surface area contributed by atoms with Gasteiger partial charge in [0.05, 0.1) is 0 Å². The molecule has 3 heteroatoms. The normalized spacial score (nSPS) is 11.5. The predicted octanol–water partition coefficient (Wildman–Crippen LogP) is 4.60. The molecule has 0 spiro atoms. The topological polar surface area (TPSA) is 30.9 Å². The summed E-state index contributed by atoms with van der Waals surface area (Å²) >= 11 is 0. The molecule has 2 N–H and O–H groups in total. The Bertz CT molecular complexity index is 803. The Morgan fingerprint density at radius 1 is 1.13 bits per heavy atom. The first-order valence-corrected chi connectivity index (χ1v) is 8.17. The highest BCUT2D eigenvalue weighted by atomic mass is 19.1. The second kappa shape index (κ2) is 6.55. The second-order valence-electron chi connectivity index (χ2n) is 6.45. The Hall–Kier alpha value is -2.13. The van der Waals surface area contributed by atoms with E-state index in [2.05, 4.69) is 24.6 Å². The molecule has 0 radical (unpaired) electrons. The Morgan fingerprint density at radius 2 is 1.87 bits per heavy atom. The van der Waals surface area contributed by atoms with Crippen LogP contribution in [0.2, 0.25) is 0 Å². The predicted molar refractivity (Wildman–Crippen MR) is 94.9 cm³/mol. The van der Waals surface area contributed by atoms with Gasteiger partial charge in [-0.05, 0) is 42.1 Å². The number of benzene rings is 2. The van der Waals surface area contributed by atoms with Gasteiger partial charge in [-0.25, -0.2) is 4.39 Å². The third-order valence-electron chi connectivity index (χ3n) is 4.11. The van der Waals surface area contributed by atoms with Crippen LogP contribution in [0, 0.1) is 11.7 Å². The molecule has 3 aromatic rings. The quantitative estimate of drug-likeness (QED) is 0.733. The van der Waals surface area contributed by atoms with Crippen LogP contribution >= 0.6 is 0 Å². The zero-order valence-corrected chi connectivity index (χ0v) is 13.7. The monoisotopic (exact) mass is 310 g/mol. The molecular weight excluding hydrogens is 287 g/mol. The van der Waals surface area contributed by atoms with Crippen LogP contribution in [0.5, 0.6) is 0 Å². The van der Waals surface area contributed by atoms with E-state index < -0.39 is 0 Å². The minimum atomic E-state index is -0.177. The fourth-order valence-electron chi connectivity index (χ4n) is 3.12. The van der Waals surface area contributed by atoms with Crippen LogP contribution in [-0.4, -0.2) is 11.1 Å². The average molecular weight is 310 g/mol. The lowest BCUT2D eigenvalue weighted by molar-refractivity contribution is 0.534. The summed E-state index contributed by atoms with van der Waals surface area (Å²) in [5, 5.41) is 0.980. The molecule has 23 heavy (non-hydrogen) atoms. The minimum Gasteiger partial charge on any atom is -0.347 e. The molecular formula is C20H23FN2. The molecule has 2 nitrogen and oxygen atoms in total. The van der Waals surface area contributed by atoms with Gasteiger partial charge in [-0.2, -0.15) is 0 Å². The van der Waals surface area contributed by atoms with Crippen molar-refractivity contribution in [3.05, 3.63) is 60.0 Å². The third-order valence-corrected chi connectivity index (χ3v) is 4.11. The smallest absolute Gasteiger partial charge is 0.131 e. The summed E-state index contributed by atoms with van der Waals surface area (Å²) in [5.74, 6) is 0.353. The third kappa shape index (κ3) is 3.15. The molecule has 0 aliphatic heterocycles. The van der Waals surface area contributed by atoms with E-state index in [-0.39, 0.29) is 5.82 Å². The highest BCUT2D eigenvalue weighted by Crippen LogP contribution is 2.31. The van der Waals surface area contributed by atoms with Crippen LogP contribution in [0.1, 0.15) is 19.4 Å². The first-order valence-electron chi connectivity index (χ1n) is 8.17. The molecule has 0 fully saturated rings. The molecule has 0 aliphatic rings. The summed E-state index contributed by atoms with van der Waals surface area (Å²) in [5.41, 5.74) is 9.49. The van der Waals surface area contributed by atoms with Gasteiger partial charge >= 0.3 is 0 Å². The molecule has 0 aliphatic carbocycles. The second-order valence-corrected chi connectivity index (χ2v) is 6.45. The minimum absolute atomic E-state index is 0.177. The van der Waals surface area contributed by atoms with Crippen molar-refractivity contribution in [2.45, 2.75) is 26.8 Å². The Labute approximate surface area is 136 Å². The molecule has 120 valence electrons. The summed E-state index contributed by atoms with van der Waals surface area (Å²) < 4.78 is 16.9. The van der Waals surface area contributed by atoms with Crippen molar-refractivity contribution in [3.63, 3.8) is 0 Å². The molecule has 3 rings (SSSR count). The van der Waals surface area contributed by atoms with Crippen molar-refractivity contribution in [3.8, 4) is 11.1 Å². The van der Waals surface area contributed by atoms with E-state index in [0.717, 1.165) is 35.0 Å². The van der Waals surface area contributed by atoms with Crippen LogP contribution in [0.3, 0.4) is 0 Å². The zero-order valence-electron chi connectivity index (χ0n) is 13.7. The molecule has 1 heterocycles. The number of halogens is 1. The first-order chi connectivity index (χ1) is 11.1. The first kappa shape index (κ1) is 15.8. The number of hydrogen-bond donors (Lipinski definition) is 1. The molecule has 0 saturated heterocycles. The lowest BCUT2D eigenvalue weighted by atomic mass is 10.0. The fraction of sp³-hybridized carbons (Fsp3) is 0.300. The van der Waals surface area contributed by atoms with E-state index >= 15 is 0 Å². The summed E-state index contributed by atoms with van der Waals surface area (Å²) in [4.78, 5) is 0. The van der Waals surface area contributed by atoms with Crippen molar-refractivity contribution >= 4 is 10.9 Å². The van der Waals surface area contributed by atoms with Crippen LogP contribution < -0.4 is 5.73 Å². The van der Waals surface area contributed by atoms with E-state index in [4.69, 9.17) is 5.73 Å². The lowest BCUT2D eigenvalue weighted by Crippen LogP contribution is -2.04. The molecule has 0 atom stereocenters. The number of nitrogens with two attached hydrogens (primary N) is 1. The Morgan fingerprint density at radius 3 is 2.52 bits per heavy atom. The maximum absolute atomic E-state index is 14.7. The molecule has 0 unspecified atom stereocenters. The number of fused-ring (bicyclic) bond motifs is 1. The van der Waals surface area contributed by atoms with Crippen molar-refractivity contribution in [1.29, 1.82) is 0 Å². The standard InChI is InChI=1S/C20H23FN2/c1-14(2)12-23-13-16(8-9-22)18-10-19(21)17(11-20(18)23)15-6-4-3-5-7-15/h3-7,10-11,13-14H,8-9,12,22H2,1-2H3. The van der Waals surface area contributed by atoms with Gasteiger partial charge in [0, 0.05) is 29.2 Å². The molecule has 0 bridgehead atoms. The number of rotatable bonds is 5. The van der Waals surface area contributed by atoms with E-state index in [9.17, 15) is 4.39 Å². The summed E-state index contributed by atoms with van der Waals surface area (Å²) in [6.07, 6.45) is 2.90. The van der Waals surface area contributed by atoms with Crippen LogP contribution in [-0.2, 0) is 13.0 Å². The summed E-state index contributed by atoms with van der Waals surface area (Å²) in [6.45, 7) is 5.87. The van der Waals surface area contributed by atoms with E-state index in [1.807, 2.05) is 36.4 Å². The molecule has 1 aromatic heterocycles. The Kier molecular flexibility index (Phi) is 4.49. The average Bonchev–Trinajstić information content (AvgIpc) is 2.84. The van der Waals surface area contributed by atoms with Crippen molar-refractivity contribution < 1.29 is 4.39 Å². The van der Waals surface area contributed by atoms with Crippen molar-refractivity contribution in [2.75, 3.05) is 6.54 Å². The van der Waals surface area contributed by atoms with E-state index in [0.29, 0.717) is 18.0 Å². The van der Waals surface area contributed by atoms with E-state index in [1.54, 1.807) is 6.07 Å². The maximum atomic E-state index is 14.7. The Balaban J connectivity index is 2.20. The summed E-state index contributed by atoms with van der Waals surface area (Å²) in [6, 6.07) is 13.3. The molecule has 0 saturated carbocycles. The van der Waals surface area contributed by atoms with Gasteiger partial charge in [-0.1, -0.05) is 44.2 Å². The highest BCUT2D eigenvalue weighted by Gasteiger charge is 2.14. The molecule has 0 amide bonds. The number of hydrogen-bond acceptors (Lipinski definition) is 1. The summed E-state index contributed by atoms with van der Waals surface area (Å²) in [7, 11) is 0. The highest BCUT2D eigenvalue weighted by molar-refractivity contribution is 5.88. The molecule has 2 aromatic carbocycles. The lowest BCUT2D eigenvalue weighted by Gasteiger charge is -2.10. The van der Waals surface area contributed by atoms with Gasteiger partial charge < -0.3 is 10.3 Å². The van der Waals surface area contributed by atoms with Gasteiger partial charge in [-0.15, -0.1) is 0 Å². The van der Waals surface area contributed by atoms with Gasteiger partial charge in [0.15, 0.2) is 0 Å². The largest absolute Gasteiger partial charge is 0.347 e. The van der Waals surface area contributed by atoms with Crippen molar-refractivity contribution in [2.24, 2.45) is 11.7 Å². The van der Waals surface area contributed by atoms with Gasteiger partial charge in [0.25, 0.3) is 0 Å². The van der Waals surface area contributed by atoms with Crippen molar-refractivity contribution in [1.82, 2.24) is 4.57 Å². The van der Waals surface area contributed by atoms with Gasteiger partial charge in [-0.3, -0.25) is 0 Å². The maximum Gasteiger partial charge on any atom is 0.131 e. The zero-order chi connectivity index (χ0) is 16.4. The van der Waals surface area contributed by atoms with E-state index in [1.165, 1.54) is 0 Å². The van der Waals surface area contributed by atoms with Crippen LogP contribution in [0.25, 0.3) is 22.0 Å². The van der Waals surface area contributed by atoms with Crippen LogP contribution in [0.4, 0.5) is 4.39 Å². The van der Waals surface area contributed by atoms with Crippen LogP contribution in [0.15, 0.2) is 48.7 Å². The SMILES string of the molecule is CC(C)Cn1cc(CCN)c2cc(F)c(-c3ccccc3)cc21. The number of aromatic nitrogens is 1. The van der Waals surface area contributed by atoms with Gasteiger partial charge in [0.2, 0.25) is 0 Å².